The highest BCUT2D eigenvalue weighted by Crippen LogP contribution is 2.40. The first-order chi connectivity index (χ1) is 9.23. The van der Waals surface area contributed by atoms with E-state index in [0.29, 0.717) is 0 Å². The number of fused-ring (bicyclic) bond motifs is 1. The number of nitrogens with zero attached hydrogens (tertiary/aromatic N) is 1. The molecule has 0 radical (unpaired) electrons. The molecular formula is C15H24N2O3. The van der Waals surface area contributed by atoms with Crippen LogP contribution >= 0.6 is 0 Å². The molecule has 1 saturated heterocycles. The van der Waals surface area contributed by atoms with Crippen LogP contribution in [0.1, 0.15) is 47.5 Å². The van der Waals surface area contributed by atoms with E-state index in [4.69, 9.17) is 4.74 Å². The fourth-order valence-electron chi connectivity index (χ4n) is 2.87. The lowest BCUT2D eigenvalue weighted by atomic mass is 9.93. The molecule has 5 nitrogen and oxygen atoms in total. The van der Waals surface area contributed by atoms with Crippen LogP contribution in [0.5, 0.6) is 0 Å². The fourth-order valence-corrected chi connectivity index (χ4v) is 2.87. The molecule has 0 bridgehead atoms. The lowest BCUT2D eigenvalue weighted by Gasteiger charge is -2.25. The number of nitrogens with one attached hydrogen (secondary N) is 1. The summed E-state index contributed by atoms with van der Waals surface area (Å²) in [6.07, 6.45) is 3.50. The topological polar surface area (TPSA) is 58.4 Å². The van der Waals surface area contributed by atoms with E-state index in [0.717, 1.165) is 12.8 Å². The fraction of sp³-hybridized carbons (Fsp3) is 0.733. The van der Waals surface area contributed by atoms with Crippen molar-refractivity contribution in [1.82, 2.24) is 10.2 Å². The van der Waals surface area contributed by atoms with Gasteiger partial charge in [0.1, 0.15) is 5.60 Å². The smallest absolute Gasteiger partial charge is 0.407 e. The van der Waals surface area contributed by atoms with Gasteiger partial charge in [-0.1, -0.05) is 18.6 Å². The summed E-state index contributed by atoms with van der Waals surface area (Å²) >= 11 is 0. The molecule has 0 saturated carbocycles. The summed E-state index contributed by atoms with van der Waals surface area (Å²) in [6.45, 7) is 9.19. The van der Waals surface area contributed by atoms with Crippen molar-refractivity contribution in [3.63, 3.8) is 0 Å². The number of carbonyl (C=O) groups is 2. The number of hydrogen-bond acceptors (Lipinski definition) is 3. The van der Waals surface area contributed by atoms with Crippen LogP contribution in [0.25, 0.3) is 0 Å². The third-order valence-electron chi connectivity index (χ3n) is 3.72. The predicted molar refractivity (Wildman–Crippen MR) is 76.2 cm³/mol. The highest BCUT2D eigenvalue weighted by Gasteiger charge is 2.55. The molecule has 3 atom stereocenters. The Morgan fingerprint density at radius 3 is 2.60 bits per heavy atom. The maximum Gasteiger partial charge on any atom is 0.407 e. The molecule has 2 amide bonds. The van der Waals surface area contributed by atoms with Gasteiger partial charge in [0.05, 0.1) is 18.1 Å². The molecule has 1 heterocycles. The van der Waals surface area contributed by atoms with Crippen LogP contribution in [0.4, 0.5) is 4.79 Å². The number of rotatable bonds is 2. The molecule has 0 unspecified atom stereocenters. The lowest BCUT2D eigenvalue weighted by Crippen LogP contribution is -2.44. The Kier molecular flexibility index (Phi) is 3.80. The Labute approximate surface area is 120 Å². The van der Waals surface area contributed by atoms with Crippen molar-refractivity contribution in [2.24, 2.45) is 0 Å². The second-order valence-corrected chi connectivity index (χ2v) is 6.54. The molecule has 2 aliphatic rings. The molecule has 5 heteroatoms. The molecule has 0 spiro atoms. The van der Waals surface area contributed by atoms with Gasteiger partial charge in [-0.2, -0.15) is 0 Å². The average Bonchev–Trinajstić information content (AvgIpc) is 3.00. The van der Waals surface area contributed by atoms with Crippen molar-refractivity contribution >= 4 is 12.0 Å². The van der Waals surface area contributed by atoms with Crippen molar-refractivity contribution in [2.45, 2.75) is 71.2 Å². The summed E-state index contributed by atoms with van der Waals surface area (Å²) in [7, 11) is 0. The zero-order valence-electron chi connectivity index (χ0n) is 12.9. The molecule has 1 aliphatic heterocycles. The first kappa shape index (κ1) is 14.9. The first-order valence-electron chi connectivity index (χ1n) is 7.21. The summed E-state index contributed by atoms with van der Waals surface area (Å²) in [4.78, 5) is 25.3. The average molecular weight is 280 g/mol. The number of alkyl carbamates (subject to hydrolysis) is 1. The van der Waals surface area contributed by atoms with Crippen molar-refractivity contribution in [2.75, 3.05) is 0 Å². The standard InChI is InChI=1S/C15H24N2O3/c1-6-10-7-11(16-14(19)20-15(3,4)5)13-12(8-10)17(13)9(2)18/h8,11-13H,6-7H2,1-5H3,(H,16,19)/t11-,12-,13+,17?/m0/s1. The molecule has 1 N–H and O–H groups in total. The Morgan fingerprint density at radius 1 is 1.45 bits per heavy atom. The van der Waals surface area contributed by atoms with Crippen molar-refractivity contribution in [1.29, 1.82) is 0 Å². The molecule has 0 aromatic heterocycles. The monoisotopic (exact) mass is 280 g/mol. The molecule has 1 fully saturated rings. The largest absolute Gasteiger partial charge is 0.444 e. The van der Waals surface area contributed by atoms with E-state index in [1.165, 1.54) is 5.57 Å². The molecule has 112 valence electrons. The molecule has 0 aromatic carbocycles. The predicted octanol–water partition coefficient (Wildman–Crippen LogP) is 2.22. The quantitative estimate of drug-likeness (QED) is 0.623. The highest BCUT2D eigenvalue weighted by atomic mass is 16.6. The number of hydrogen-bond donors (Lipinski definition) is 1. The molecule has 0 aromatic rings. The molecule has 2 rings (SSSR count). The second kappa shape index (κ2) is 5.11. The van der Waals surface area contributed by atoms with Crippen molar-refractivity contribution in [3.8, 4) is 0 Å². The minimum atomic E-state index is -0.509. The number of amides is 2. The Balaban J connectivity index is 2.03. The molecule has 1 aliphatic carbocycles. The van der Waals surface area contributed by atoms with E-state index in [1.807, 2.05) is 25.7 Å². The van der Waals surface area contributed by atoms with Gasteiger partial charge in [0.15, 0.2) is 0 Å². The van der Waals surface area contributed by atoms with Crippen LogP contribution in [0.3, 0.4) is 0 Å². The van der Waals surface area contributed by atoms with Gasteiger partial charge in [0.25, 0.3) is 0 Å². The SMILES string of the molecule is CCC1=C[C@H]2[C@@H]([C@@H](NC(=O)OC(C)(C)C)C1)N2C(C)=O. The second-order valence-electron chi connectivity index (χ2n) is 6.54. The van der Waals surface area contributed by atoms with Crippen molar-refractivity contribution < 1.29 is 14.3 Å². The van der Waals surface area contributed by atoms with Gasteiger partial charge in [-0.15, -0.1) is 0 Å². The summed E-state index contributed by atoms with van der Waals surface area (Å²) < 4.78 is 5.30. The van der Waals surface area contributed by atoms with Gasteiger partial charge >= 0.3 is 6.09 Å². The maximum atomic E-state index is 11.9. The zero-order valence-corrected chi connectivity index (χ0v) is 12.9. The van der Waals surface area contributed by atoms with Gasteiger partial charge in [-0.05, 0) is 33.6 Å². The van der Waals surface area contributed by atoms with E-state index in [9.17, 15) is 9.59 Å². The normalized spacial score (nSPS) is 28.4. The van der Waals surface area contributed by atoms with E-state index >= 15 is 0 Å². The van der Waals surface area contributed by atoms with E-state index in [2.05, 4.69) is 18.3 Å². The van der Waals surface area contributed by atoms with E-state index < -0.39 is 11.7 Å². The van der Waals surface area contributed by atoms with Crippen LogP contribution in [-0.4, -0.2) is 40.6 Å². The van der Waals surface area contributed by atoms with Crippen molar-refractivity contribution in [3.05, 3.63) is 11.6 Å². The minimum Gasteiger partial charge on any atom is -0.444 e. The highest BCUT2D eigenvalue weighted by molar-refractivity contribution is 5.79. The van der Waals surface area contributed by atoms with Gasteiger partial charge < -0.3 is 15.0 Å². The lowest BCUT2D eigenvalue weighted by molar-refractivity contribution is -0.124. The van der Waals surface area contributed by atoms with Gasteiger partial charge in [-0.25, -0.2) is 4.79 Å². The Morgan fingerprint density at radius 2 is 2.10 bits per heavy atom. The third-order valence-corrected chi connectivity index (χ3v) is 3.72. The van der Waals surface area contributed by atoms with Gasteiger partial charge in [0, 0.05) is 6.92 Å². The van der Waals surface area contributed by atoms with Crippen LogP contribution in [-0.2, 0) is 9.53 Å². The van der Waals surface area contributed by atoms with Crippen LogP contribution < -0.4 is 5.32 Å². The molecule has 20 heavy (non-hydrogen) atoms. The maximum absolute atomic E-state index is 11.9. The van der Waals surface area contributed by atoms with Gasteiger partial charge in [-0.3, -0.25) is 4.79 Å². The Hall–Kier alpha value is -1.52. The summed E-state index contributed by atoms with van der Waals surface area (Å²) in [5.41, 5.74) is 0.779. The molecular weight excluding hydrogens is 256 g/mol. The Bertz CT molecular complexity index is 451. The van der Waals surface area contributed by atoms with Gasteiger partial charge in [0.2, 0.25) is 5.91 Å². The summed E-state index contributed by atoms with van der Waals surface area (Å²) in [6, 6.07) is 0.199. The van der Waals surface area contributed by atoms with Crippen LogP contribution in [0.2, 0.25) is 0 Å². The zero-order chi connectivity index (χ0) is 15.1. The summed E-state index contributed by atoms with van der Waals surface area (Å²) in [5.74, 6) is 0.0598. The first-order valence-corrected chi connectivity index (χ1v) is 7.21. The summed E-state index contributed by atoms with van der Waals surface area (Å²) in [5, 5.41) is 2.92. The van der Waals surface area contributed by atoms with E-state index in [-0.39, 0.29) is 24.0 Å². The van der Waals surface area contributed by atoms with Crippen LogP contribution in [0.15, 0.2) is 11.6 Å². The number of ether oxygens (including phenoxy) is 1. The van der Waals surface area contributed by atoms with Crippen LogP contribution in [0, 0.1) is 0 Å². The third kappa shape index (κ3) is 3.14. The van der Waals surface area contributed by atoms with E-state index in [1.54, 1.807) is 6.92 Å². The number of carbonyl (C=O) groups excluding carboxylic acids is 2. The minimum absolute atomic E-state index is 0.0429.